The van der Waals surface area contributed by atoms with Gasteiger partial charge in [0.2, 0.25) is 11.9 Å². The summed E-state index contributed by atoms with van der Waals surface area (Å²) in [7, 11) is -0.513. The Labute approximate surface area is 202 Å². The average molecular weight is 475 g/mol. The number of hydrogen-bond donors (Lipinski definition) is 2. The summed E-state index contributed by atoms with van der Waals surface area (Å²) in [6.45, 7) is 16.2. The molecule has 34 heavy (non-hydrogen) atoms. The molecule has 0 spiro atoms. The monoisotopic (exact) mass is 475 g/mol. The van der Waals surface area contributed by atoms with Crippen LogP contribution in [0.5, 0.6) is 0 Å². The number of aromatic nitrogens is 2. The van der Waals surface area contributed by atoms with Gasteiger partial charge in [-0.1, -0.05) is 0 Å². The van der Waals surface area contributed by atoms with E-state index in [1.54, 1.807) is 45.0 Å². The third kappa shape index (κ3) is 6.38. The van der Waals surface area contributed by atoms with Crippen molar-refractivity contribution in [3.05, 3.63) is 12.4 Å². The lowest BCUT2D eigenvalue weighted by atomic mass is 9.81. The van der Waals surface area contributed by atoms with E-state index in [0.29, 0.717) is 19.0 Å². The Balaban J connectivity index is 1.54. The Kier molecular flexibility index (Phi) is 7.47. The number of carbonyl (C=O) groups excluding carboxylic acids is 2. The molecular formula is C23H38BN5O5. The van der Waals surface area contributed by atoms with Crippen LogP contribution in [-0.2, 0) is 18.8 Å². The Bertz CT molecular complexity index is 871. The molecule has 2 fully saturated rings. The fourth-order valence-corrected chi connectivity index (χ4v) is 3.81. The highest BCUT2D eigenvalue weighted by molar-refractivity contribution is 6.61. The number of amides is 2. The molecule has 1 aromatic heterocycles. The maximum Gasteiger partial charge on any atom is 0.498 e. The SMILES string of the molecule is CC(NC(=O)OC(C)(C)C)C(=O)N1CCCC(Nc2ncc(B3OC(C)(C)C(C)(C)O3)cn2)C1. The van der Waals surface area contributed by atoms with Gasteiger partial charge in [-0.05, 0) is 68.2 Å². The molecule has 0 saturated carbocycles. The lowest BCUT2D eigenvalue weighted by molar-refractivity contribution is -0.134. The van der Waals surface area contributed by atoms with Crippen molar-refractivity contribution in [3.63, 3.8) is 0 Å². The number of rotatable bonds is 5. The lowest BCUT2D eigenvalue weighted by Crippen LogP contribution is -2.52. The van der Waals surface area contributed by atoms with Gasteiger partial charge in [-0.25, -0.2) is 14.8 Å². The number of piperidine rings is 1. The van der Waals surface area contributed by atoms with Crippen LogP contribution >= 0.6 is 0 Å². The van der Waals surface area contributed by atoms with Crippen LogP contribution in [0.2, 0.25) is 0 Å². The number of nitrogens with zero attached hydrogens (tertiary/aromatic N) is 3. The molecule has 2 atom stereocenters. The Morgan fingerprint density at radius 2 is 1.76 bits per heavy atom. The Morgan fingerprint density at radius 3 is 2.32 bits per heavy atom. The summed E-state index contributed by atoms with van der Waals surface area (Å²) in [6.07, 6.45) is 4.54. The van der Waals surface area contributed by atoms with E-state index in [9.17, 15) is 9.59 Å². The van der Waals surface area contributed by atoms with Crippen molar-refractivity contribution in [2.75, 3.05) is 18.4 Å². The fraction of sp³-hybridized carbons (Fsp3) is 0.739. The number of likely N-dealkylation sites (tertiary alicyclic amines) is 1. The van der Waals surface area contributed by atoms with E-state index in [4.69, 9.17) is 14.0 Å². The summed E-state index contributed by atoms with van der Waals surface area (Å²) in [5, 5.41) is 5.94. The third-order valence-corrected chi connectivity index (χ3v) is 6.37. The van der Waals surface area contributed by atoms with Gasteiger partial charge in [0.1, 0.15) is 11.6 Å². The highest BCUT2D eigenvalue weighted by atomic mass is 16.7. The molecule has 2 aliphatic rings. The Morgan fingerprint density at radius 1 is 1.18 bits per heavy atom. The highest BCUT2D eigenvalue weighted by Crippen LogP contribution is 2.36. The zero-order valence-corrected chi connectivity index (χ0v) is 21.6. The van der Waals surface area contributed by atoms with Crippen molar-refractivity contribution in [2.24, 2.45) is 0 Å². The highest BCUT2D eigenvalue weighted by Gasteiger charge is 2.52. The number of carbonyl (C=O) groups is 2. The molecule has 2 saturated heterocycles. The van der Waals surface area contributed by atoms with Crippen LogP contribution < -0.4 is 16.1 Å². The van der Waals surface area contributed by atoms with Crippen LogP contribution in [0.15, 0.2) is 12.4 Å². The van der Waals surface area contributed by atoms with E-state index in [-0.39, 0.29) is 11.9 Å². The summed E-state index contributed by atoms with van der Waals surface area (Å²) in [6, 6.07) is -0.668. The van der Waals surface area contributed by atoms with Gasteiger partial charge in [0, 0.05) is 37.0 Å². The molecule has 0 bridgehead atoms. The molecule has 3 rings (SSSR count). The second-order valence-electron chi connectivity index (χ2n) is 11.1. The average Bonchev–Trinajstić information content (AvgIpc) is 2.93. The smallest absolute Gasteiger partial charge is 0.444 e. The zero-order chi connectivity index (χ0) is 25.3. The third-order valence-electron chi connectivity index (χ3n) is 6.37. The van der Waals surface area contributed by atoms with E-state index in [2.05, 4.69) is 20.6 Å². The van der Waals surface area contributed by atoms with Crippen LogP contribution in [0, 0.1) is 0 Å². The molecule has 2 N–H and O–H groups in total. The summed E-state index contributed by atoms with van der Waals surface area (Å²) >= 11 is 0. The van der Waals surface area contributed by atoms with E-state index in [1.165, 1.54) is 0 Å². The van der Waals surface area contributed by atoms with E-state index in [0.717, 1.165) is 18.3 Å². The summed E-state index contributed by atoms with van der Waals surface area (Å²) in [5.74, 6) is 0.342. The van der Waals surface area contributed by atoms with Crippen LogP contribution in [0.1, 0.15) is 68.2 Å². The maximum atomic E-state index is 12.9. The molecule has 2 aliphatic heterocycles. The molecule has 1 aromatic rings. The normalized spacial score (nSPS) is 22.8. The molecule has 11 heteroatoms. The standard InChI is InChI=1S/C23H38BN5O5/c1-15(27-20(31)32-21(2,3)4)18(30)29-11-9-10-17(14-29)28-19-25-12-16(13-26-19)24-33-22(5,6)23(7,8)34-24/h12-13,15,17H,9-11,14H2,1-8H3,(H,27,31)(H,25,26,28). The number of alkyl carbamates (subject to hydrolysis) is 1. The molecule has 0 aromatic carbocycles. The largest absolute Gasteiger partial charge is 0.498 e. The topological polar surface area (TPSA) is 115 Å². The molecule has 0 aliphatic carbocycles. The number of nitrogens with one attached hydrogen (secondary N) is 2. The van der Waals surface area contributed by atoms with E-state index in [1.807, 2.05) is 27.7 Å². The number of hydrogen-bond acceptors (Lipinski definition) is 8. The van der Waals surface area contributed by atoms with E-state index < -0.39 is 36.1 Å². The maximum absolute atomic E-state index is 12.9. The van der Waals surface area contributed by atoms with Gasteiger partial charge < -0.3 is 29.6 Å². The second-order valence-corrected chi connectivity index (χ2v) is 11.1. The van der Waals surface area contributed by atoms with Crippen molar-refractivity contribution in [1.82, 2.24) is 20.2 Å². The van der Waals surface area contributed by atoms with Crippen molar-refractivity contribution in [2.45, 2.75) is 97.1 Å². The first kappa shape index (κ1) is 26.2. The minimum Gasteiger partial charge on any atom is -0.444 e. The summed E-state index contributed by atoms with van der Waals surface area (Å²) < 4.78 is 17.3. The molecular weight excluding hydrogens is 437 g/mol. The quantitative estimate of drug-likeness (QED) is 0.623. The number of ether oxygens (including phenoxy) is 1. The molecule has 2 unspecified atom stereocenters. The van der Waals surface area contributed by atoms with Crippen LogP contribution in [0.25, 0.3) is 0 Å². The minimum absolute atomic E-state index is 0.00845. The first-order chi connectivity index (χ1) is 15.7. The molecule has 2 amide bonds. The van der Waals surface area contributed by atoms with Gasteiger partial charge in [0.05, 0.1) is 11.2 Å². The first-order valence-electron chi connectivity index (χ1n) is 11.9. The van der Waals surface area contributed by atoms with Gasteiger partial charge in [-0.15, -0.1) is 0 Å². The van der Waals surface area contributed by atoms with Gasteiger partial charge in [0.15, 0.2) is 0 Å². The summed E-state index contributed by atoms with van der Waals surface area (Å²) in [5.41, 5.74) is -0.721. The van der Waals surface area contributed by atoms with Crippen LogP contribution in [0.4, 0.5) is 10.7 Å². The lowest BCUT2D eigenvalue weighted by Gasteiger charge is -2.34. The molecule has 0 radical (unpaired) electrons. The van der Waals surface area contributed by atoms with Crippen molar-refractivity contribution < 1.29 is 23.6 Å². The molecule has 188 valence electrons. The predicted octanol–water partition coefficient (Wildman–Crippen LogP) is 2.09. The Hall–Kier alpha value is -2.40. The van der Waals surface area contributed by atoms with Crippen LogP contribution in [0.3, 0.4) is 0 Å². The van der Waals surface area contributed by atoms with Crippen molar-refractivity contribution in [1.29, 1.82) is 0 Å². The van der Waals surface area contributed by atoms with Crippen LogP contribution in [-0.4, -0.2) is 76.0 Å². The van der Waals surface area contributed by atoms with Crippen molar-refractivity contribution >= 4 is 30.5 Å². The fourth-order valence-electron chi connectivity index (χ4n) is 3.81. The molecule has 10 nitrogen and oxygen atoms in total. The van der Waals surface area contributed by atoms with Gasteiger partial charge >= 0.3 is 13.2 Å². The van der Waals surface area contributed by atoms with Gasteiger partial charge in [-0.3, -0.25) is 4.79 Å². The minimum atomic E-state index is -0.677. The molecule has 3 heterocycles. The van der Waals surface area contributed by atoms with Gasteiger partial charge in [-0.2, -0.15) is 0 Å². The predicted molar refractivity (Wildman–Crippen MR) is 130 cm³/mol. The second kappa shape index (κ2) is 9.69. The van der Waals surface area contributed by atoms with Gasteiger partial charge in [0.25, 0.3) is 0 Å². The zero-order valence-electron chi connectivity index (χ0n) is 21.6. The first-order valence-corrected chi connectivity index (χ1v) is 11.9. The van der Waals surface area contributed by atoms with E-state index >= 15 is 0 Å². The number of anilines is 1. The summed E-state index contributed by atoms with van der Waals surface area (Å²) in [4.78, 5) is 35.5. The van der Waals surface area contributed by atoms with Crippen molar-refractivity contribution in [3.8, 4) is 0 Å².